The second-order valence-corrected chi connectivity index (χ2v) is 8.39. The van der Waals surface area contributed by atoms with E-state index in [1.807, 2.05) is 41.8 Å². The maximum absolute atomic E-state index is 13.5. The van der Waals surface area contributed by atoms with Crippen molar-refractivity contribution in [2.24, 2.45) is 5.92 Å². The summed E-state index contributed by atoms with van der Waals surface area (Å²) in [6.45, 7) is 3.77. The molecule has 1 aliphatic heterocycles. The molecule has 1 unspecified atom stereocenters. The topological polar surface area (TPSA) is 60.8 Å². The second-order valence-electron chi connectivity index (χ2n) is 7.44. The molecule has 1 aromatic carbocycles. The molecule has 1 saturated heterocycles. The molecule has 0 aliphatic carbocycles. The van der Waals surface area contributed by atoms with Crippen LogP contribution in [-0.4, -0.2) is 48.1 Å². The highest BCUT2D eigenvalue weighted by atomic mass is 32.1. The van der Waals surface area contributed by atoms with Gasteiger partial charge in [0.05, 0.1) is 36.4 Å². The van der Waals surface area contributed by atoms with Crippen LogP contribution in [0.2, 0.25) is 0 Å². The summed E-state index contributed by atoms with van der Waals surface area (Å²) in [6.07, 6.45) is 1.57. The van der Waals surface area contributed by atoms with E-state index in [0.717, 1.165) is 34.4 Å². The smallest absolute Gasteiger partial charge is 0.310 e. The molecule has 0 radical (unpaired) electrons. The summed E-state index contributed by atoms with van der Waals surface area (Å²) in [5.74, 6) is 0.303. The number of aromatic nitrogens is 1. The van der Waals surface area contributed by atoms with Crippen LogP contribution in [0.1, 0.15) is 35.8 Å². The number of hydrogen-bond acceptors (Lipinski definition) is 5. The molecule has 1 amide bonds. The molecule has 158 valence electrons. The van der Waals surface area contributed by atoms with Crippen LogP contribution < -0.4 is 4.74 Å². The Morgan fingerprint density at radius 1 is 1.23 bits per heavy atom. The van der Waals surface area contributed by atoms with E-state index in [2.05, 4.69) is 4.57 Å². The lowest BCUT2D eigenvalue weighted by Gasteiger charge is -2.31. The third-order valence-electron chi connectivity index (χ3n) is 5.59. The third-order valence-corrected chi connectivity index (χ3v) is 6.44. The lowest BCUT2D eigenvalue weighted by atomic mass is 9.98. The van der Waals surface area contributed by atoms with Crippen LogP contribution in [0.25, 0.3) is 10.2 Å². The number of ether oxygens (including phenoxy) is 2. The number of likely N-dealkylation sites (tertiary alicyclic amines) is 1. The van der Waals surface area contributed by atoms with Gasteiger partial charge >= 0.3 is 5.97 Å². The highest BCUT2D eigenvalue weighted by Crippen LogP contribution is 2.30. The number of carbonyl (C=O) groups excluding carboxylic acids is 2. The molecule has 3 aromatic rings. The summed E-state index contributed by atoms with van der Waals surface area (Å²) in [5, 5.41) is 2.04. The van der Waals surface area contributed by atoms with Gasteiger partial charge in [0.15, 0.2) is 0 Å². The van der Waals surface area contributed by atoms with Crippen molar-refractivity contribution in [1.82, 2.24) is 9.47 Å². The van der Waals surface area contributed by atoms with Gasteiger partial charge in [0, 0.05) is 18.7 Å². The maximum Gasteiger partial charge on any atom is 0.310 e. The fourth-order valence-electron chi connectivity index (χ4n) is 4.10. The van der Waals surface area contributed by atoms with Gasteiger partial charge < -0.3 is 18.9 Å². The van der Waals surface area contributed by atoms with E-state index in [4.69, 9.17) is 9.47 Å². The first-order valence-corrected chi connectivity index (χ1v) is 11.1. The van der Waals surface area contributed by atoms with E-state index in [0.29, 0.717) is 31.9 Å². The van der Waals surface area contributed by atoms with Crippen LogP contribution >= 0.6 is 11.3 Å². The molecule has 1 atom stereocenters. The largest absolute Gasteiger partial charge is 0.496 e. The zero-order valence-electron chi connectivity index (χ0n) is 17.3. The Balaban J connectivity index is 1.64. The lowest BCUT2D eigenvalue weighted by molar-refractivity contribution is -0.149. The summed E-state index contributed by atoms with van der Waals surface area (Å²) >= 11 is 1.62. The minimum absolute atomic E-state index is 0.0395. The van der Waals surface area contributed by atoms with Gasteiger partial charge in [0.2, 0.25) is 0 Å². The number of para-hydroxylation sites is 1. The quantitative estimate of drug-likeness (QED) is 0.555. The third kappa shape index (κ3) is 3.94. The highest BCUT2D eigenvalue weighted by Gasteiger charge is 2.31. The zero-order valence-corrected chi connectivity index (χ0v) is 18.1. The summed E-state index contributed by atoms with van der Waals surface area (Å²) < 4.78 is 13.8. The van der Waals surface area contributed by atoms with Gasteiger partial charge in [-0.05, 0) is 43.3 Å². The van der Waals surface area contributed by atoms with Crippen molar-refractivity contribution in [3.63, 3.8) is 0 Å². The normalized spacial score (nSPS) is 16.6. The second kappa shape index (κ2) is 8.92. The Labute approximate surface area is 180 Å². The summed E-state index contributed by atoms with van der Waals surface area (Å²) in [5.41, 5.74) is 2.70. The van der Waals surface area contributed by atoms with E-state index in [9.17, 15) is 9.59 Å². The lowest BCUT2D eigenvalue weighted by Crippen LogP contribution is -2.43. The number of amides is 1. The van der Waals surface area contributed by atoms with Crippen molar-refractivity contribution in [2.75, 3.05) is 26.8 Å². The number of fused-ring (bicyclic) bond motifs is 1. The standard InChI is InChI=1S/C23H26N2O4S/c1-3-29-23(27)17-8-6-11-24(14-17)22(26)19-13-21-18(10-12-30-21)25(19)15-16-7-4-5-9-20(16)28-2/h4-5,7,9-10,12-13,17H,3,6,8,11,14-15H2,1-2H3. The summed E-state index contributed by atoms with van der Waals surface area (Å²) in [4.78, 5) is 27.5. The van der Waals surface area contributed by atoms with Crippen LogP contribution in [0.4, 0.5) is 0 Å². The van der Waals surface area contributed by atoms with E-state index in [1.165, 1.54) is 0 Å². The molecule has 0 spiro atoms. The van der Waals surface area contributed by atoms with Gasteiger partial charge in [-0.25, -0.2) is 0 Å². The van der Waals surface area contributed by atoms with Crippen molar-refractivity contribution in [3.05, 3.63) is 53.0 Å². The number of nitrogens with zero attached hydrogens (tertiary/aromatic N) is 2. The first kappa shape index (κ1) is 20.5. The number of rotatable bonds is 6. The van der Waals surface area contributed by atoms with Gasteiger partial charge in [-0.1, -0.05) is 18.2 Å². The van der Waals surface area contributed by atoms with Gasteiger partial charge in [-0.2, -0.15) is 0 Å². The van der Waals surface area contributed by atoms with Crippen LogP contribution in [-0.2, 0) is 16.1 Å². The average Bonchev–Trinajstić information content (AvgIpc) is 3.36. The molecule has 30 heavy (non-hydrogen) atoms. The molecular weight excluding hydrogens is 400 g/mol. The highest BCUT2D eigenvalue weighted by molar-refractivity contribution is 7.17. The van der Waals surface area contributed by atoms with Crippen molar-refractivity contribution >= 4 is 33.4 Å². The van der Waals surface area contributed by atoms with Gasteiger partial charge in [0.1, 0.15) is 11.4 Å². The number of thiophene rings is 1. The number of hydrogen-bond donors (Lipinski definition) is 0. The zero-order chi connectivity index (χ0) is 21.1. The SMILES string of the molecule is CCOC(=O)C1CCCN(C(=O)c2cc3sccc3n2Cc2ccccc2OC)C1. The molecule has 0 N–H and O–H groups in total. The van der Waals surface area contributed by atoms with Crippen molar-refractivity contribution in [3.8, 4) is 5.75 Å². The minimum Gasteiger partial charge on any atom is -0.496 e. The summed E-state index contributed by atoms with van der Waals surface area (Å²) in [6, 6.07) is 11.9. The number of methoxy groups -OCH3 is 1. The van der Waals surface area contributed by atoms with E-state index >= 15 is 0 Å². The van der Waals surface area contributed by atoms with Gasteiger partial charge in [-0.15, -0.1) is 11.3 Å². The fourth-order valence-corrected chi connectivity index (χ4v) is 4.93. The minimum atomic E-state index is -0.249. The van der Waals surface area contributed by atoms with Crippen LogP contribution in [0.5, 0.6) is 5.75 Å². The Kier molecular flexibility index (Phi) is 6.08. The van der Waals surface area contributed by atoms with Crippen molar-refractivity contribution < 1.29 is 19.1 Å². The Morgan fingerprint density at radius 3 is 2.87 bits per heavy atom. The number of piperidine rings is 1. The molecule has 0 bridgehead atoms. The van der Waals surface area contributed by atoms with Crippen molar-refractivity contribution in [1.29, 1.82) is 0 Å². The maximum atomic E-state index is 13.5. The van der Waals surface area contributed by atoms with Crippen molar-refractivity contribution in [2.45, 2.75) is 26.3 Å². The Hall–Kier alpha value is -2.80. The van der Waals surface area contributed by atoms with Gasteiger partial charge in [-0.3, -0.25) is 9.59 Å². The van der Waals surface area contributed by atoms with E-state index in [1.54, 1.807) is 30.3 Å². The fraction of sp³-hybridized carbons (Fsp3) is 0.391. The predicted molar refractivity (Wildman–Crippen MR) is 117 cm³/mol. The molecule has 6 nitrogen and oxygen atoms in total. The van der Waals surface area contributed by atoms with Crippen LogP contribution in [0.15, 0.2) is 41.8 Å². The molecular formula is C23H26N2O4S. The molecule has 2 aromatic heterocycles. The molecule has 1 fully saturated rings. The predicted octanol–water partition coefficient (Wildman–Crippen LogP) is 4.18. The Bertz CT molecular complexity index is 1050. The molecule has 3 heterocycles. The van der Waals surface area contributed by atoms with Crippen LogP contribution in [0, 0.1) is 5.92 Å². The monoisotopic (exact) mass is 426 g/mol. The number of benzene rings is 1. The molecule has 7 heteroatoms. The van der Waals surface area contributed by atoms with Crippen LogP contribution in [0.3, 0.4) is 0 Å². The summed E-state index contributed by atoms with van der Waals surface area (Å²) in [7, 11) is 1.66. The first-order chi connectivity index (χ1) is 14.6. The number of esters is 1. The van der Waals surface area contributed by atoms with Gasteiger partial charge in [0.25, 0.3) is 5.91 Å². The number of carbonyl (C=O) groups is 2. The van der Waals surface area contributed by atoms with E-state index < -0.39 is 0 Å². The Morgan fingerprint density at radius 2 is 2.07 bits per heavy atom. The molecule has 4 rings (SSSR count). The molecule has 1 aliphatic rings. The average molecular weight is 427 g/mol. The van der Waals surface area contributed by atoms with E-state index in [-0.39, 0.29) is 17.8 Å². The first-order valence-electron chi connectivity index (χ1n) is 10.3. The molecule has 0 saturated carbocycles.